The first-order valence-electron chi connectivity index (χ1n) is 10.1. The average molecular weight is 403 g/mol. The maximum atomic E-state index is 12.2. The molecule has 0 aliphatic heterocycles. The smallest absolute Gasteiger partial charge is 0.306 e. The van der Waals surface area contributed by atoms with E-state index in [2.05, 4.69) is 18.7 Å². The molecule has 0 spiro atoms. The molecule has 3 rings (SSSR count). The van der Waals surface area contributed by atoms with Crippen molar-refractivity contribution in [3.63, 3.8) is 0 Å². The fourth-order valence-electron chi connectivity index (χ4n) is 3.95. The van der Waals surface area contributed by atoms with Gasteiger partial charge < -0.3 is 20.1 Å². The Balaban J connectivity index is 1.81. The molecule has 5 nitrogen and oxygen atoms in total. The minimum Gasteiger partial charge on any atom is -0.453 e. The molecule has 0 unspecified atom stereocenters. The lowest BCUT2D eigenvalue weighted by molar-refractivity contribution is -0.128. The van der Waals surface area contributed by atoms with Gasteiger partial charge in [-0.1, -0.05) is 55.1 Å². The van der Waals surface area contributed by atoms with Crippen molar-refractivity contribution in [1.29, 1.82) is 0 Å². The summed E-state index contributed by atoms with van der Waals surface area (Å²) in [4.78, 5) is 12.2. The molecule has 154 valence electrons. The number of nitrogens with two attached hydrogens (primary N) is 1. The van der Waals surface area contributed by atoms with E-state index in [1.807, 2.05) is 50.2 Å². The van der Waals surface area contributed by atoms with Gasteiger partial charge in [0, 0.05) is 10.7 Å². The first-order valence-corrected chi connectivity index (χ1v) is 10.1. The molecule has 0 fully saturated rings. The van der Waals surface area contributed by atoms with Crippen LogP contribution < -0.4 is 5.73 Å². The number of Topliss-reactive ketones (excluding diaryl/α,β-unsaturated/α-hetero) is 1. The Morgan fingerprint density at radius 1 is 1.00 bits per heavy atom. The highest BCUT2D eigenvalue weighted by molar-refractivity contribution is 6.58. The van der Waals surface area contributed by atoms with E-state index >= 15 is 0 Å². The van der Waals surface area contributed by atoms with Crippen LogP contribution in [0.25, 0.3) is 11.1 Å². The van der Waals surface area contributed by atoms with Crippen LogP contribution in [0.5, 0.6) is 0 Å². The van der Waals surface area contributed by atoms with Gasteiger partial charge in [-0.05, 0) is 49.9 Å². The summed E-state index contributed by atoms with van der Waals surface area (Å²) < 4.78 is 12.2. The minimum absolute atomic E-state index is 0.0304. The fraction of sp³-hybridized carbons (Fsp3) is 0.318. The summed E-state index contributed by atoms with van der Waals surface area (Å²) in [6.45, 7) is 10.7. The largest absolute Gasteiger partial charge is 0.453 e. The summed E-state index contributed by atoms with van der Waals surface area (Å²) >= 11 is 0. The highest BCUT2D eigenvalue weighted by Gasteiger charge is 2.46. The van der Waals surface area contributed by atoms with Crippen LogP contribution in [0.15, 0.2) is 60.8 Å². The zero-order chi connectivity index (χ0) is 22.2. The first-order chi connectivity index (χ1) is 14.0. The van der Waals surface area contributed by atoms with Crippen molar-refractivity contribution in [2.45, 2.75) is 44.0 Å². The molecule has 0 amide bonds. The molecule has 0 atom stereocenters. The Hall–Kier alpha value is -2.28. The molecule has 0 saturated heterocycles. The Morgan fingerprint density at radius 3 is 1.97 bits per heavy atom. The number of hydrogen-bond donors (Lipinski definition) is 2. The van der Waals surface area contributed by atoms with E-state index in [0.29, 0.717) is 0 Å². The van der Waals surface area contributed by atoms with E-state index < -0.39 is 16.3 Å². The molecule has 0 bridgehead atoms. The molecular formula is C22H28B3NO4. The molecule has 3 N–H and O–H groups in total. The molecule has 2 aromatic carbocycles. The highest BCUT2D eigenvalue weighted by atomic mass is 16.5. The van der Waals surface area contributed by atoms with Gasteiger partial charge in [0.1, 0.15) is 5.60 Å². The molecule has 30 heavy (non-hydrogen) atoms. The molecule has 0 aromatic heterocycles. The molecule has 1 aliphatic carbocycles. The Morgan fingerprint density at radius 2 is 1.50 bits per heavy atom. The number of benzene rings is 2. The van der Waals surface area contributed by atoms with Crippen molar-refractivity contribution >= 4 is 28.2 Å². The summed E-state index contributed by atoms with van der Waals surface area (Å²) in [7, 11) is 0.393. The number of fused-ring (bicyclic) bond motifs is 3. The minimum atomic E-state index is -1.09. The summed E-state index contributed by atoms with van der Waals surface area (Å²) in [6, 6.07) is 16.2. The third kappa shape index (κ3) is 4.00. The third-order valence-electron chi connectivity index (χ3n) is 5.77. The van der Waals surface area contributed by atoms with E-state index in [1.54, 1.807) is 13.8 Å². The van der Waals surface area contributed by atoms with Crippen molar-refractivity contribution in [1.82, 2.24) is 0 Å². The van der Waals surface area contributed by atoms with Gasteiger partial charge in [-0.3, -0.25) is 4.79 Å². The molecule has 0 radical (unpaired) electrons. The van der Waals surface area contributed by atoms with Gasteiger partial charge in [-0.2, -0.15) is 0 Å². The lowest BCUT2D eigenvalue weighted by Crippen LogP contribution is -2.49. The summed E-state index contributed by atoms with van der Waals surface area (Å²) in [5.74, 6) is -0.344. The summed E-state index contributed by atoms with van der Waals surface area (Å²) in [6.07, 6.45) is 0. The number of ketones is 1. The van der Waals surface area contributed by atoms with Crippen molar-refractivity contribution in [2.75, 3.05) is 0 Å². The lowest BCUT2D eigenvalue weighted by Gasteiger charge is -2.34. The van der Waals surface area contributed by atoms with Gasteiger partial charge in [0.05, 0.1) is 5.70 Å². The van der Waals surface area contributed by atoms with E-state index in [1.165, 1.54) is 0 Å². The standard InChI is InChI=1S/C22H28B3NO4/c1-14(26)19(27)20(2,3)29-24-21(4,5)30-25-22(23-28)17-12-8-6-10-15(17)16-11-7-9-13-18(16)22/h6-13,23-25,28H,1,26H2,2-5H3. The van der Waals surface area contributed by atoms with E-state index in [9.17, 15) is 9.82 Å². The number of carbonyl (C=O) groups is 1. The second-order valence-electron chi connectivity index (χ2n) is 9.03. The van der Waals surface area contributed by atoms with Crippen molar-refractivity contribution < 1.29 is 19.1 Å². The summed E-state index contributed by atoms with van der Waals surface area (Å²) in [5, 5.41) is 9.87. The van der Waals surface area contributed by atoms with Gasteiger partial charge >= 0.3 is 7.48 Å². The van der Waals surface area contributed by atoms with Crippen LogP contribution in [0.3, 0.4) is 0 Å². The van der Waals surface area contributed by atoms with E-state index in [4.69, 9.17) is 15.0 Å². The van der Waals surface area contributed by atoms with E-state index in [-0.39, 0.29) is 33.9 Å². The highest BCUT2D eigenvalue weighted by Crippen LogP contribution is 2.47. The van der Waals surface area contributed by atoms with Gasteiger partial charge in [-0.15, -0.1) is 0 Å². The van der Waals surface area contributed by atoms with Crippen LogP contribution in [0, 0.1) is 0 Å². The normalized spacial score (nSPS) is 14.4. The Labute approximate surface area is 180 Å². The summed E-state index contributed by atoms with van der Waals surface area (Å²) in [5.41, 5.74) is 8.08. The monoisotopic (exact) mass is 403 g/mol. The molecule has 0 saturated carbocycles. The predicted molar refractivity (Wildman–Crippen MR) is 125 cm³/mol. The first kappa shape index (κ1) is 22.4. The van der Waals surface area contributed by atoms with Crippen LogP contribution in [-0.4, -0.2) is 44.4 Å². The second-order valence-corrected chi connectivity index (χ2v) is 9.03. The van der Waals surface area contributed by atoms with Gasteiger partial charge in [0.25, 0.3) is 15.0 Å². The average Bonchev–Trinajstić information content (AvgIpc) is 3.01. The van der Waals surface area contributed by atoms with Gasteiger partial charge in [0.15, 0.2) is 0 Å². The van der Waals surface area contributed by atoms with E-state index in [0.717, 1.165) is 22.3 Å². The van der Waals surface area contributed by atoms with Gasteiger partial charge in [0.2, 0.25) is 5.78 Å². The predicted octanol–water partition coefficient (Wildman–Crippen LogP) is 1.50. The van der Waals surface area contributed by atoms with Crippen LogP contribution in [0.2, 0.25) is 0 Å². The molecule has 2 aromatic rings. The Kier molecular flexibility index (Phi) is 6.05. The molecule has 1 aliphatic rings. The zero-order valence-electron chi connectivity index (χ0n) is 18.2. The molecule has 8 heteroatoms. The van der Waals surface area contributed by atoms with Crippen LogP contribution in [0.1, 0.15) is 38.8 Å². The second kappa shape index (κ2) is 8.10. The Bertz CT molecular complexity index is 929. The quantitative estimate of drug-likeness (QED) is 0.490. The SMILES string of the molecule is C=C(N)C(=O)C(C)(C)OBC(C)(C)OBC1(BO)c2ccccc2-c2ccccc21. The van der Waals surface area contributed by atoms with Gasteiger partial charge in [-0.25, -0.2) is 0 Å². The molecular weight excluding hydrogens is 375 g/mol. The maximum absolute atomic E-state index is 12.2. The zero-order valence-corrected chi connectivity index (χ0v) is 18.2. The molecule has 0 heterocycles. The topological polar surface area (TPSA) is 81.8 Å². The van der Waals surface area contributed by atoms with Crippen molar-refractivity contribution in [3.8, 4) is 11.1 Å². The van der Waals surface area contributed by atoms with Crippen LogP contribution in [0.4, 0.5) is 0 Å². The number of carbonyl (C=O) groups excluding carboxylic acids is 1. The third-order valence-corrected chi connectivity index (χ3v) is 5.77. The van der Waals surface area contributed by atoms with Crippen LogP contribution in [-0.2, 0) is 19.3 Å². The van der Waals surface area contributed by atoms with Crippen molar-refractivity contribution in [3.05, 3.63) is 71.9 Å². The van der Waals surface area contributed by atoms with Crippen molar-refractivity contribution in [2.24, 2.45) is 5.73 Å². The number of rotatable bonds is 9. The fourth-order valence-corrected chi connectivity index (χ4v) is 3.95. The maximum Gasteiger partial charge on any atom is 0.306 e. The van der Waals surface area contributed by atoms with Crippen LogP contribution >= 0.6 is 0 Å². The lowest BCUT2D eigenvalue weighted by atomic mass is 9.42. The number of hydrogen-bond acceptors (Lipinski definition) is 5.